The molecule has 1 atom stereocenters. The van der Waals surface area contributed by atoms with E-state index in [0.29, 0.717) is 12.8 Å². The van der Waals surface area contributed by atoms with Crippen molar-refractivity contribution in [2.24, 2.45) is 0 Å². The summed E-state index contributed by atoms with van der Waals surface area (Å²) in [5.41, 5.74) is 0. The molecule has 2 N–H and O–H groups in total. The Hall–Kier alpha value is -1.69. The fourth-order valence-corrected chi connectivity index (χ4v) is 1.57. The standard InChI is InChI=1S/C9H9ClN4O2/c10-6-3-11-4-7(13-6)14-9(16)5-1-2-8(15)12-5/h3-5H,1-2H2,(H,12,15)(H,13,14,16). The highest BCUT2D eigenvalue weighted by molar-refractivity contribution is 6.29. The van der Waals surface area contributed by atoms with Gasteiger partial charge in [-0.2, -0.15) is 0 Å². The zero-order chi connectivity index (χ0) is 11.5. The van der Waals surface area contributed by atoms with Crippen LogP contribution in [0.1, 0.15) is 12.8 Å². The monoisotopic (exact) mass is 240 g/mol. The van der Waals surface area contributed by atoms with Crippen LogP contribution in [0.25, 0.3) is 0 Å². The first-order valence-corrected chi connectivity index (χ1v) is 5.11. The highest BCUT2D eigenvalue weighted by atomic mass is 35.5. The van der Waals surface area contributed by atoms with Crippen molar-refractivity contribution in [3.8, 4) is 0 Å². The Morgan fingerprint density at radius 2 is 2.38 bits per heavy atom. The zero-order valence-electron chi connectivity index (χ0n) is 8.24. The highest BCUT2D eigenvalue weighted by Crippen LogP contribution is 2.11. The summed E-state index contributed by atoms with van der Waals surface area (Å²) in [6.07, 6.45) is 3.63. The van der Waals surface area contributed by atoms with Gasteiger partial charge in [0.25, 0.3) is 0 Å². The molecule has 0 aromatic carbocycles. The van der Waals surface area contributed by atoms with Gasteiger partial charge in [-0.05, 0) is 6.42 Å². The summed E-state index contributed by atoms with van der Waals surface area (Å²) in [5, 5.41) is 5.29. The predicted molar refractivity (Wildman–Crippen MR) is 56.8 cm³/mol. The van der Waals surface area contributed by atoms with Gasteiger partial charge in [0.15, 0.2) is 5.82 Å². The summed E-state index contributed by atoms with van der Waals surface area (Å²) in [7, 11) is 0. The molecule has 2 rings (SSSR count). The fourth-order valence-electron chi connectivity index (χ4n) is 1.43. The number of amides is 2. The lowest BCUT2D eigenvalue weighted by atomic mass is 10.2. The average molecular weight is 241 g/mol. The molecule has 1 aromatic rings. The van der Waals surface area contributed by atoms with E-state index < -0.39 is 6.04 Å². The van der Waals surface area contributed by atoms with E-state index in [1.165, 1.54) is 12.4 Å². The summed E-state index contributed by atoms with van der Waals surface area (Å²) in [6, 6.07) is -0.492. The van der Waals surface area contributed by atoms with Crippen LogP contribution in [0.2, 0.25) is 5.15 Å². The van der Waals surface area contributed by atoms with Gasteiger partial charge in [0.2, 0.25) is 11.8 Å². The maximum absolute atomic E-state index is 11.6. The van der Waals surface area contributed by atoms with Crippen LogP contribution < -0.4 is 10.6 Å². The predicted octanol–water partition coefficient (Wildman–Crippen LogP) is 0.347. The molecule has 2 amide bonds. The summed E-state index contributed by atoms with van der Waals surface area (Å²) in [5.74, 6) is -0.140. The molecule has 6 nitrogen and oxygen atoms in total. The van der Waals surface area contributed by atoms with Gasteiger partial charge >= 0.3 is 0 Å². The summed E-state index contributed by atoms with van der Waals surface area (Å²) in [6.45, 7) is 0. The number of anilines is 1. The number of hydrogen-bond acceptors (Lipinski definition) is 4. The molecular weight excluding hydrogens is 232 g/mol. The molecule has 7 heteroatoms. The van der Waals surface area contributed by atoms with E-state index in [9.17, 15) is 9.59 Å². The van der Waals surface area contributed by atoms with Crippen molar-refractivity contribution in [3.05, 3.63) is 17.5 Å². The molecule has 1 unspecified atom stereocenters. The largest absolute Gasteiger partial charge is 0.344 e. The topological polar surface area (TPSA) is 84.0 Å². The van der Waals surface area contributed by atoms with Crippen molar-refractivity contribution in [1.29, 1.82) is 0 Å². The Morgan fingerprint density at radius 3 is 3.00 bits per heavy atom. The van der Waals surface area contributed by atoms with Crippen molar-refractivity contribution in [2.45, 2.75) is 18.9 Å². The number of carbonyl (C=O) groups is 2. The molecule has 2 heterocycles. The van der Waals surface area contributed by atoms with Crippen molar-refractivity contribution in [1.82, 2.24) is 15.3 Å². The second-order valence-corrected chi connectivity index (χ2v) is 3.76. The van der Waals surface area contributed by atoms with E-state index in [0.717, 1.165) is 0 Å². The van der Waals surface area contributed by atoms with Gasteiger partial charge < -0.3 is 10.6 Å². The van der Waals surface area contributed by atoms with Crippen molar-refractivity contribution >= 4 is 29.2 Å². The normalized spacial score (nSPS) is 19.3. The Labute approximate surface area is 96.4 Å². The molecule has 0 radical (unpaired) electrons. The lowest BCUT2D eigenvalue weighted by Gasteiger charge is -2.09. The van der Waals surface area contributed by atoms with Crippen molar-refractivity contribution in [3.63, 3.8) is 0 Å². The van der Waals surface area contributed by atoms with Crippen LogP contribution in [0.5, 0.6) is 0 Å². The van der Waals surface area contributed by atoms with Crippen molar-refractivity contribution < 1.29 is 9.59 Å². The smallest absolute Gasteiger partial charge is 0.248 e. The number of hydrogen-bond donors (Lipinski definition) is 2. The number of aromatic nitrogens is 2. The van der Waals surface area contributed by atoms with Crippen LogP contribution in [0.4, 0.5) is 5.82 Å². The van der Waals surface area contributed by atoms with E-state index in [-0.39, 0.29) is 22.8 Å². The van der Waals surface area contributed by atoms with Crippen LogP contribution in [0.15, 0.2) is 12.4 Å². The molecule has 0 spiro atoms. The lowest BCUT2D eigenvalue weighted by Crippen LogP contribution is -2.37. The van der Waals surface area contributed by atoms with E-state index in [2.05, 4.69) is 20.6 Å². The third-order valence-corrected chi connectivity index (χ3v) is 2.35. The number of halogens is 1. The third-order valence-electron chi connectivity index (χ3n) is 2.17. The van der Waals surface area contributed by atoms with Gasteiger partial charge in [0.05, 0.1) is 12.4 Å². The number of nitrogens with zero attached hydrogens (tertiary/aromatic N) is 2. The van der Waals surface area contributed by atoms with Crippen LogP contribution in [0.3, 0.4) is 0 Å². The van der Waals surface area contributed by atoms with Gasteiger partial charge in [-0.25, -0.2) is 4.98 Å². The first-order chi connectivity index (χ1) is 7.65. The lowest BCUT2D eigenvalue weighted by molar-refractivity contribution is -0.122. The molecule has 1 saturated heterocycles. The van der Waals surface area contributed by atoms with E-state index >= 15 is 0 Å². The first kappa shape index (κ1) is 10.8. The number of carbonyl (C=O) groups excluding carboxylic acids is 2. The van der Waals surface area contributed by atoms with E-state index in [4.69, 9.17) is 11.6 Å². The molecular formula is C9H9ClN4O2. The van der Waals surface area contributed by atoms with E-state index in [1.54, 1.807) is 0 Å². The Bertz CT molecular complexity index is 437. The minimum atomic E-state index is -0.492. The Morgan fingerprint density at radius 1 is 1.56 bits per heavy atom. The minimum absolute atomic E-state index is 0.114. The SMILES string of the molecule is O=C1CCC(C(=O)Nc2cncc(Cl)n2)N1. The zero-order valence-corrected chi connectivity index (χ0v) is 8.99. The van der Waals surface area contributed by atoms with E-state index in [1.807, 2.05) is 0 Å². The second kappa shape index (κ2) is 4.44. The summed E-state index contributed by atoms with van der Waals surface area (Å²) < 4.78 is 0. The molecule has 0 saturated carbocycles. The molecule has 84 valence electrons. The maximum atomic E-state index is 11.6. The summed E-state index contributed by atoms with van der Waals surface area (Å²) in [4.78, 5) is 30.2. The van der Waals surface area contributed by atoms with Gasteiger partial charge in [0.1, 0.15) is 11.2 Å². The molecule has 1 aromatic heterocycles. The average Bonchev–Trinajstić information content (AvgIpc) is 2.65. The van der Waals surface area contributed by atoms with Crippen LogP contribution in [0, 0.1) is 0 Å². The fraction of sp³-hybridized carbons (Fsp3) is 0.333. The molecule has 16 heavy (non-hydrogen) atoms. The van der Waals surface area contributed by atoms with Gasteiger partial charge in [-0.1, -0.05) is 11.6 Å². The van der Waals surface area contributed by atoms with Gasteiger partial charge in [-0.3, -0.25) is 14.6 Å². The van der Waals surface area contributed by atoms with Gasteiger partial charge in [0, 0.05) is 6.42 Å². The summed E-state index contributed by atoms with van der Waals surface area (Å²) >= 11 is 5.62. The number of rotatable bonds is 2. The highest BCUT2D eigenvalue weighted by Gasteiger charge is 2.27. The van der Waals surface area contributed by atoms with Crippen LogP contribution in [-0.2, 0) is 9.59 Å². The molecule has 0 bridgehead atoms. The molecule has 0 aliphatic carbocycles. The van der Waals surface area contributed by atoms with Crippen LogP contribution in [-0.4, -0.2) is 27.8 Å². The first-order valence-electron chi connectivity index (χ1n) is 4.73. The van der Waals surface area contributed by atoms with Crippen LogP contribution >= 0.6 is 11.6 Å². The minimum Gasteiger partial charge on any atom is -0.344 e. The molecule has 1 fully saturated rings. The third kappa shape index (κ3) is 2.46. The molecule has 1 aliphatic heterocycles. The quantitative estimate of drug-likeness (QED) is 0.781. The second-order valence-electron chi connectivity index (χ2n) is 3.38. The van der Waals surface area contributed by atoms with Gasteiger partial charge in [-0.15, -0.1) is 0 Å². The maximum Gasteiger partial charge on any atom is 0.248 e. The number of nitrogens with one attached hydrogen (secondary N) is 2. The van der Waals surface area contributed by atoms with Crippen molar-refractivity contribution in [2.75, 3.05) is 5.32 Å². The Kier molecular flexibility index (Phi) is 3.00. The molecule has 1 aliphatic rings. The Balaban J connectivity index is 1.99.